The lowest BCUT2D eigenvalue weighted by Crippen LogP contribution is -2.13. The second kappa shape index (κ2) is 10.1. The number of carbonyl (C=O) groups excluding carboxylic acids is 1. The van der Waals surface area contributed by atoms with Crippen LogP contribution >= 0.6 is 0 Å². The van der Waals surface area contributed by atoms with E-state index in [9.17, 15) is 9.59 Å². The normalized spacial score (nSPS) is 11.0. The summed E-state index contributed by atoms with van der Waals surface area (Å²) in [4.78, 5) is 24.3. The van der Waals surface area contributed by atoms with Gasteiger partial charge in [-0.15, -0.1) is 0 Å². The minimum atomic E-state index is -0.900. The van der Waals surface area contributed by atoms with Crippen molar-refractivity contribution in [3.05, 3.63) is 65.4 Å². The number of aliphatic hydroxyl groups excluding tert-OH is 1. The molecule has 6 heteroatoms. The van der Waals surface area contributed by atoms with Crippen LogP contribution in [0, 0.1) is 6.92 Å². The number of aliphatic hydroxyl groups is 1. The Morgan fingerprint density at radius 2 is 1.73 bits per heavy atom. The number of benzene rings is 2. The monoisotopic (exact) mass is 409 g/mol. The van der Waals surface area contributed by atoms with E-state index >= 15 is 0 Å². The molecule has 30 heavy (non-hydrogen) atoms. The van der Waals surface area contributed by atoms with Crippen LogP contribution in [0.3, 0.4) is 0 Å². The number of ether oxygens (including phenoxy) is 1. The summed E-state index contributed by atoms with van der Waals surface area (Å²) in [5.41, 5.74) is 2.70. The molecule has 0 radical (unpaired) electrons. The first-order valence-electron chi connectivity index (χ1n) is 10.2. The van der Waals surface area contributed by atoms with E-state index in [1.807, 2.05) is 19.1 Å². The van der Waals surface area contributed by atoms with Gasteiger partial charge in [0, 0.05) is 23.3 Å². The van der Waals surface area contributed by atoms with Crippen LogP contribution in [0.25, 0.3) is 10.9 Å². The zero-order chi connectivity index (χ0) is 21.5. The van der Waals surface area contributed by atoms with Gasteiger partial charge in [-0.3, -0.25) is 14.2 Å². The molecule has 0 bridgehead atoms. The number of fused-ring (bicyclic) bond motifs is 1. The zero-order valence-corrected chi connectivity index (χ0v) is 17.1. The lowest BCUT2D eigenvalue weighted by Gasteiger charge is -2.09. The summed E-state index contributed by atoms with van der Waals surface area (Å²) in [5.74, 6) is -0.347. The minimum absolute atomic E-state index is 0.0823. The largest absolute Gasteiger partial charge is 0.494 e. The summed E-state index contributed by atoms with van der Waals surface area (Å²) in [7, 11) is 0. The maximum atomic E-state index is 13.1. The van der Waals surface area contributed by atoms with Crippen LogP contribution < -0.4 is 4.74 Å². The lowest BCUT2D eigenvalue weighted by atomic mass is 10.1. The smallest absolute Gasteiger partial charge is 0.307 e. The Morgan fingerprint density at radius 1 is 1.00 bits per heavy atom. The molecule has 2 N–H and O–H groups in total. The second-order valence-electron chi connectivity index (χ2n) is 7.36. The van der Waals surface area contributed by atoms with Crippen molar-refractivity contribution in [2.75, 3.05) is 13.2 Å². The molecule has 0 fully saturated rings. The third kappa shape index (κ3) is 5.07. The topological polar surface area (TPSA) is 88.8 Å². The van der Waals surface area contributed by atoms with Crippen LogP contribution in [0.5, 0.6) is 5.75 Å². The molecule has 0 aliphatic heterocycles. The fraction of sp³-hybridized carbons (Fsp3) is 0.333. The quantitative estimate of drug-likeness (QED) is 0.490. The second-order valence-corrected chi connectivity index (χ2v) is 7.36. The molecular formula is C24H27NO5. The lowest BCUT2D eigenvalue weighted by molar-refractivity contribution is -0.136. The molecule has 0 saturated heterocycles. The van der Waals surface area contributed by atoms with Crippen molar-refractivity contribution in [3.8, 4) is 5.75 Å². The van der Waals surface area contributed by atoms with Crippen molar-refractivity contribution in [3.63, 3.8) is 0 Å². The SMILES string of the molecule is Cc1cc2c(CC(=O)O)cccc2n1C(=O)c1ccc(OCCCCCCO)cc1. The number of hydrogen-bond acceptors (Lipinski definition) is 4. The Hall–Kier alpha value is -3.12. The van der Waals surface area contributed by atoms with Crippen LogP contribution in [0.1, 0.15) is 47.3 Å². The molecule has 1 heterocycles. The molecule has 0 atom stereocenters. The van der Waals surface area contributed by atoms with E-state index in [2.05, 4.69) is 0 Å². The standard InChI is InChI=1S/C24H27NO5/c1-17-15-21-19(16-23(27)28)7-6-8-22(21)25(17)24(29)18-9-11-20(12-10-18)30-14-5-3-2-4-13-26/h6-12,15,26H,2-5,13-14,16H2,1H3,(H,27,28). The van der Waals surface area contributed by atoms with Crippen molar-refractivity contribution in [2.24, 2.45) is 0 Å². The number of unbranched alkanes of at least 4 members (excludes halogenated alkanes) is 3. The summed E-state index contributed by atoms with van der Waals surface area (Å²) in [6, 6.07) is 14.3. The highest BCUT2D eigenvalue weighted by molar-refractivity contribution is 6.04. The number of carboxylic acids is 1. The Balaban J connectivity index is 1.73. The van der Waals surface area contributed by atoms with E-state index < -0.39 is 5.97 Å². The predicted molar refractivity (Wildman–Crippen MR) is 115 cm³/mol. The molecule has 158 valence electrons. The average molecular weight is 409 g/mol. The molecule has 0 unspecified atom stereocenters. The molecule has 3 aromatic rings. The van der Waals surface area contributed by atoms with Crippen molar-refractivity contribution in [1.82, 2.24) is 4.57 Å². The van der Waals surface area contributed by atoms with Gasteiger partial charge in [-0.2, -0.15) is 0 Å². The molecule has 3 rings (SSSR count). The molecular weight excluding hydrogens is 382 g/mol. The Labute approximate surface area is 175 Å². The molecule has 2 aromatic carbocycles. The first kappa shape index (κ1) is 21.6. The van der Waals surface area contributed by atoms with Crippen LogP contribution in [-0.2, 0) is 11.2 Å². The fourth-order valence-electron chi connectivity index (χ4n) is 3.59. The first-order valence-corrected chi connectivity index (χ1v) is 10.2. The van der Waals surface area contributed by atoms with Gasteiger partial charge >= 0.3 is 5.97 Å². The van der Waals surface area contributed by atoms with Gasteiger partial charge in [0.1, 0.15) is 5.75 Å². The minimum Gasteiger partial charge on any atom is -0.494 e. The van der Waals surface area contributed by atoms with Crippen LogP contribution in [0.15, 0.2) is 48.5 Å². The van der Waals surface area contributed by atoms with E-state index in [4.69, 9.17) is 14.9 Å². The van der Waals surface area contributed by atoms with Crippen LogP contribution in [0.4, 0.5) is 0 Å². The van der Waals surface area contributed by atoms with E-state index in [1.54, 1.807) is 41.0 Å². The highest BCUT2D eigenvalue weighted by atomic mass is 16.5. The summed E-state index contributed by atoms with van der Waals surface area (Å²) in [5, 5.41) is 18.7. The Morgan fingerprint density at radius 3 is 2.43 bits per heavy atom. The molecule has 0 aliphatic carbocycles. The summed E-state index contributed by atoms with van der Waals surface area (Å²) >= 11 is 0. The number of rotatable bonds is 10. The van der Waals surface area contributed by atoms with E-state index in [1.165, 1.54) is 0 Å². The summed E-state index contributed by atoms with van der Waals surface area (Å²) in [6.07, 6.45) is 3.67. The number of aliphatic carboxylic acids is 1. The number of carboxylic acid groups (broad SMARTS) is 1. The number of aryl methyl sites for hydroxylation is 1. The summed E-state index contributed by atoms with van der Waals surface area (Å²) < 4.78 is 7.34. The highest BCUT2D eigenvalue weighted by Crippen LogP contribution is 2.25. The van der Waals surface area contributed by atoms with Gasteiger partial charge in [0.15, 0.2) is 0 Å². The molecule has 1 aromatic heterocycles. The molecule has 0 aliphatic rings. The number of hydrogen-bond donors (Lipinski definition) is 2. The van der Waals surface area contributed by atoms with Gasteiger partial charge in [-0.1, -0.05) is 18.6 Å². The molecule has 0 amide bonds. The number of aromatic nitrogens is 1. The van der Waals surface area contributed by atoms with Crippen molar-refractivity contribution in [1.29, 1.82) is 0 Å². The van der Waals surface area contributed by atoms with Crippen molar-refractivity contribution in [2.45, 2.75) is 39.0 Å². The fourth-order valence-corrected chi connectivity index (χ4v) is 3.59. The maximum Gasteiger partial charge on any atom is 0.307 e. The van der Waals surface area contributed by atoms with Gasteiger partial charge in [-0.25, -0.2) is 0 Å². The third-order valence-corrected chi connectivity index (χ3v) is 5.09. The number of carbonyl (C=O) groups is 2. The molecule has 0 spiro atoms. The molecule has 6 nitrogen and oxygen atoms in total. The third-order valence-electron chi connectivity index (χ3n) is 5.09. The first-order chi connectivity index (χ1) is 14.5. The van der Waals surface area contributed by atoms with Crippen molar-refractivity contribution >= 4 is 22.8 Å². The van der Waals surface area contributed by atoms with Gasteiger partial charge in [0.25, 0.3) is 5.91 Å². The predicted octanol–water partition coefficient (Wildman–Crippen LogP) is 4.20. The van der Waals surface area contributed by atoms with Crippen LogP contribution in [0.2, 0.25) is 0 Å². The van der Waals surface area contributed by atoms with Gasteiger partial charge in [0.2, 0.25) is 0 Å². The van der Waals surface area contributed by atoms with Gasteiger partial charge in [-0.05, 0) is 68.1 Å². The average Bonchev–Trinajstić information content (AvgIpc) is 3.07. The molecule has 0 saturated carbocycles. The maximum absolute atomic E-state index is 13.1. The van der Waals surface area contributed by atoms with Crippen LogP contribution in [-0.4, -0.2) is 39.9 Å². The highest BCUT2D eigenvalue weighted by Gasteiger charge is 2.17. The van der Waals surface area contributed by atoms with E-state index in [0.29, 0.717) is 29.0 Å². The van der Waals surface area contributed by atoms with Crippen molar-refractivity contribution < 1.29 is 24.5 Å². The van der Waals surface area contributed by atoms with E-state index in [-0.39, 0.29) is 18.9 Å². The Kier molecular flexibility index (Phi) is 7.25. The zero-order valence-electron chi connectivity index (χ0n) is 17.1. The number of nitrogens with zero attached hydrogens (tertiary/aromatic N) is 1. The Bertz CT molecular complexity index is 1020. The summed E-state index contributed by atoms with van der Waals surface area (Å²) in [6.45, 7) is 2.68. The van der Waals surface area contributed by atoms with E-state index in [0.717, 1.165) is 36.8 Å². The van der Waals surface area contributed by atoms with Gasteiger partial charge < -0.3 is 14.9 Å². The van der Waals surface area contributed by atoms with Gasteiger partial charge in [0.05, 0.1) is 18.5 Å².